The molecule has 0 saturated carbocycles. The third-order valence-corrected chi connectivity index (χ3v) is 4.81. The van der Waals surface area contributed by atoms with E-state index in [0.29, 0.717) is 0 Å². The third kappa shape index (κ3) is 3.55. The van der Waals surface area contributed by atoms with Crippen molar-refractivity contribution in [3.63, 3.8) is 0 Å². The van der Waals surface area contributed by atoms with Crippen LogP contribution in [0.4, 0.5) is 13.2 Å². The van der Waals surface area contributed by atoms with Crippen LogP contribution in [0.25, 0.3) is 0 Å². The van der Waals surface area contributed by atoms with E-state index in [1.807, 2.05) is 12.5 Å². The summed E-state index contributed by atoms with van der Waals surface area (Å²) in [6.45, 7) is 1.79. The Bertz CT molecular complexity index is 664. The van der Waals surface area contributed by atoms with Crippen molar-refractivity contribution in [3.05, 3.63) is 47.3 Å². The van der Waals surface area contributed by atoms with E-state index in [4.69, 9.17) is 0 Å². The number of hydrogen-bond donors (Lipinski definition) is 1. The molecule has 0 unspecified atom stereocenters. The summed E-state index contributed by atoms with van der Waals surface area (Å²) in [4.78, 5) is 4.42. The van der Waals surface area contributed by atoms with Crippen LogP contribution < -0.4 is 5.32 Å². The molecule has 2 heterocycles. The van der Waals surface area contributed by atoms with Crippen LogP contribution in [0.5, 0.6) is 0 Å². The standard InChI is InChI=1S/C16H18F3N3S/c1-23-15-21-10-14-13(20-8-9-22(14)15)7-4-11-2-5-12(6-3-11)16(17,18)19/h2-3,5-6,10,13,20H,4,7-9H2,1H3/t13-/m1/s1. The highest BCUT2D eigenvalue weighted by Crippen LogP contribution is 2.30. The summed E-state index contributed by atoms with van der Waals surface area (Å²) in [5.41, 5.74) is 1.48. The van der Waals surface area contributed by atoms with E-state index in [0.717, 1.165) is 54.5 Å². The van der Waals surface area contributed by atoms with Gasteiger partial charge < -0.3 is 9.88 Å². The van der Waals surface area contributed by atoms with Crippen LogP contribution in [0, 0.1) is 0 Å². The molecule has 3 nitrogen and oxygen atoms in total. The largest absolute Gasteiger partial charge is 0.416 e. The van der Waals surface area contributed by atoms with Gasteiger partial charge in [0.15, 0.2) is 5.16 Å². The zero-order valence-electron chi connectivity index (χ0n) is 12.7. The van der Waals surface area contributed by atoms with Crippen molar-refractivity contribution in [2.45, 2.75) is 36.8 Å². The predicted octanol–water partition coefficient (Wildman–Crippen LogP) is 3.90. The van der Waals surface area contributed by atoms with Gasteiger partial charge in [0, 0.05) is 19.1 Å². The van der Waals surface area contributed by atoms with Crippen molar-refractivity contribution >= 4 is 11.8 Å². The number of rotatable bonds is 4. The van der Waals surface area contributed by atoms with Crippen LogP contribution in [0.3, 0.4) is 0 Å². The molecule has 1 atom stereocenters. The first-order valence-electron chi connectivity index (χ1n) is 7.48. The number of fused-ring (bicyclic) bond motifs is 1. The number of alkyl halides is 3. The molecule has 0 aliphatic carbocycles. The van der Waals surface area contributed by atoms with Crippen LogP contribution in [-0.4, -0.2) is 22.4 Å². The maximum absolute atomic E-state index is 12.6. The molecule has 3 rings (SSSR count). The number of imidazole rings is 1. The third-order valence-electron chi connectivity index (χ3n) is 4.12. The lowest BCUT2D eigenvalue weighted by Gasteiger charge is -2.26. The van der Waals surface area contributed by atoms with Gasteiger partial charge in [-0.25, -0.2) is 4.98 Å². The van der Waals surface area contributed by atoms with Crippen molar-refractivity contribution < 1.29 is 13.2 Å². The first kappa shape index (κ1) is 16.4. The maximum Gasteiger partial charge on any atom is 0.416 e. The zero-order chi connectivity index (χ0) is 16.4. The molecule has 0 bridgehead atoms. The number of aryl methyl sites for hydroxylation is 1. The van der Waals surface area contributed by atoms with Crippen molar-refractivity contribution in [3.8, 4) is 0 Å². The molecule has 7 heteroatoms. The van der Waals surface area contributed by atoms with Gasteiger partial charge >= 0.3 is 6.18 Å². The summed E-state index contributed by atoms with van der Waals surface area (Å²) >= 11 is 1.63. The molecular weight excluding hydrogens is 323 g/mol. The van der Waals surface area contributed by atoms with Gasteiger partial charge in [-0.15, -0.1) is 0 Å². The fraction of sp³-hybridized carbons (Fsp3) is 0.438. The molecule has 1 aliphatic heterocycles. The number of aromatic nitrogens is 2. The molecule has 1 aliphatic rings. The van der Waals surface area contributed by atoms with Crippen molar-refractivity contribution in [1.82, 2.24) is 14.9 Å². The Morgan fingerprint density at radius 1 is 1.30 bits per heavy atom. The summed E-state index contributed by atoms with van der Waals surface area (Å²) in [5, 5.41) is 4.48. The first-order valence-corrected chi connectivity index (χ1v) is 8.70. The Balaban J connectivity index is 1.67. The Hall–Kier alpha value is -1.47. The summed E-state index contributed by atoms with van der Waals surface area (Å²) < 4.78 is 39.9. The second-order valence-electron chi connectivity index (χ2n) is 5.56. The van der Waals surface area contributed by atoms with E-state index < -0.39 is 11.7 Å². The minimum Gasteiger partial charge on any atom is -0.320 e. The lowest BCUT2D eigenvalue weighted by atomic mass is 10.0. The average molecular weight is 341 g/mol. The smallest absolute Gasteiger partial charge is 0.320 e. The normalized spacial score (nSPS) is 18.0. The summed E-state index contributed by atoms with van der Waals surface area (Å²) in [6.07, 6.45) is 1.20. The molecule has 1 N–H and O–H groups in total. The van der Waals surface area contributed by atoms with Gasteiger partial charge in [0.25, 0.3) is 0 Å². The van der Waals surface area contributed by atoms with E-state index in [1.165, 1.54) is 0 Å². The van der Waals surface area contributed by atoms with Gasteiger partial charge in [0.1, 0.15) is 0 Å². The highest BCUT2D eigenvalue weighted by molar-refractivity contribution is 7.98. The second-order valence-corrected chi connectivity index (χ2v) is 6.33. The quantitative estimate of drug-likeness (QED) is 0.856. The van der Waals surface area contributed by atoms with E-state index in [1.54, 1.807) is 23.9 Å². The molecule has 1 aromatic carbocycles. The van der Waals surface area contributed by atoms with E-state index in [9.17, 15) is 13.2 Å². The van der Waals surface area contributed by atoms with E-state index in [-0.39, 0.29) is 6.04 Å². The molecule has 2 aromatic rings. The van der Waals surface area contributed by atoms with Gasteiger partial charge in [-0.1, -0.05) is 23.9 Å². The fourth-order valence-electron chi connectivity index (χ4n) is 2.91. The number of benzene rings is 1. The molecule has 0 amide bonds. The number of thioether (sulfide) groups is 1. The number of hydrogen-bond acceptors (Lipinski definition) is 3. The Morgan fingerprint density at radius 3 is 2.70 bits per heavy atom. The summed E-state index contributed by atoms with van der Waals surface area (Å²) in [6, 6.07) is 5.63. The van der Waals surface area contributed by atoms with Gasteiger partial charge in [-0.05, 0) is 36.8 Å². The lowest BCUT2D eigenvalue weighted by molar-refractivity contribution is -0.137. The van der Waals surface area contributed by atoms with Gasteiger partial charge in [0.05, 0.1) is 17.5 Å². The maximum atomic E-state index is 12.6. The number of nitrogens with one attached hydrogen (secondary N) is 1. The molecule has 0 spiro atoms. The fourth-order valence-corrected chi connectivity index (χ4v) is 3.49. The Morgan fingerprint density at radius 2 is 2.04 bits per heavy atom. The van der Waals surface area contributed by atoms with Crippen molar-refractivity contribution in [2.24, 2.45) is 0 Å². The van der Waals surface area contributed by atoms with E-state index in [2.05, 4.69) is 14.9 Å². The molecular formula is C16H18F3N3S. The van der Waals surface area contributed by atoms with Crippen molar-refractivity contribution in [2.75, 3.05) is 12.8 Å². The zero-order valence-corrected chi connectivity index (χ0v) is 13.5. The van der Waals surface area contributed by atoms with Crippen LogP contribution >= 0.6 is 11.8 Å². The number of nitrogens with zero attached hydrogens (tertiary/aromatic N) is 2. The van der Waals surface area contributed by atoms with E-state index >= 15 is 0 Å². The molecule has 0 radical (unpaired) electrons. The number of halogens is 3. The topological polar surface area (TPSA) is 29.9 Å². The van der Waals surface area contributed by atoms with Gasteiger partial charge in [-0.3, -0.25) is 0 Å². The Kier molecular flexibility index (Phi) is 4.68. The van der Waals surface area contributed by atoms with Crippen LogP contribution in [0.2, 0.25) is 0 Å². The predicted molar refractivity (Wildman–Crippen MR) is 84.5 cm³/mol. The molecule has 0 fully saturated rings. The minimum absolute atomic E-state index is 0.194. The highest BCUT2D eigenvalue weighted by Gasteiger charge is 2.30. The monoisotopic (exact) mass is 341 g/mol. The van der Waals surface area contributed by atoms with Crippen molar-refractivity contribution in [1.29, 1.82) is 0 Å². The van der Waals surface area contributed by atoms with Gasteiger partial charge in [0.2, 0.25) is 0 Å². The highest BCUT2D eigenvalue weighted by atomic mass is 32.2. The molecule has 23 heavy (non-hydrogen) atoms. The first-order chi connectivity index (χ1) is 11.0. The molecule has 124 valence electrons. The Labute approximate surface area is 137 Å². The molecule has 1 aromatic heterocycles. The van der Waals surface area contributed by atoms with Gasteiger partial charge in [-0.2, -0.15) is 13.2 Å². The minimum atomic E-state index is -4.27. The lowest BCUT2D eigenvalue weighted by Crippen LogP contribution is -2.33. The van der Waals surface area contributed by atoms with Crippen LogP contribution in [0.15, 0.2) is 35.6 Å². The second kappa shape index (κ2) is 6.57. The summed E-state index contributed by atoms with van der Waals surface area (Å²) in [7, 11) is 0. The molecule has 0 saturated heterocycles. The van der Waals surface area contributed by atoms with Crippen LogP contribution in [0.1, 0.15) is 29.3 Å². The summed E-state index contributed by atoms with van der Waals surface area (Å²) in [5.74, 6) is 0. The average Bonchev–Trinajstić information content (AvgIpc) is 2.96. The van der Waals surface area contributed by atoms with Crippen LogP contribution in [-0.2, 0) is 19.1 Å². The SMILES string of the molecule is CSc1ncc2n1CCN[C@@H]2CCc1ccc(C(F)(F)F)cc1.